The van der Waals surface area contributed by atoms with Gasteiger partial charge in [0.25, 0.3) is 0 Å². The van der Waals surface area contributed by atoms with Crippen molar-refractivity contribution in [1.82, 2.24) is 4.57 Å². The average molecular weight is 490 g/mol. The third-order valence-electron chi connectivity index (χ3n) is 7.47. The second kappa shape index (κ2) is 7.99. The van der Waals surface area contributed by atoms with E-state index in [-0.39, 0.29) is 0 Å². The molecule has 0 bridgehead atoms. The summed E-state index contributed by atoms with van der Waals surface area (Å²) in [6.45, 7) is 2.13. The minimum atomic E-state index is 0.724. The molecule has 8 rings (SSSR count). The minimum Gasteiger partial charge on any atom is -0.449 e. The lowest BCUT2D eigenvalue weighted by molar-refractivity contribution is 0.366. The van der Waals surface area contributed by atoms with Crippen molar-refractivity contribution < 1.29 is 9.47 Å². The molecule has 0 atom stereocenters. The largest absolute Gasteiger partial charge is 0.449 e. The number of ether oxygens (including phenoxy) is 2. The van der Waals surface area contributed by atoms with Crippen LogP contribution in [-0.2, 0) is 0 Å². The summed E-state index contributed by atoms with van der Waals surface area (Å²) in [6, 6.07) is 42.3. The van der Waals surface area contributed by atoms with Gasteiger partial charge in [0.2, 0.25) is 0 Å². The fraction of sp³-hybridized carbons (Fsp3) is 0.0286. The molecule has 1 aliphatic heterocycles. The van der Waals surface area contributed by atoms with Crippen molar-refractivity contribution >= 4 is 32.6 Å². The first-order valence-corrected chi connectivity index (χ1v) is 12.9. The maximum Gasteiger partial charge on any atom is 0.195 e. The van der Waals surface area contributed by atoms with Crippen molar-refractivity contribution in [3.8, 4) is 39.8 Å². The fourth-order valence-electron chi connectivity index (χ4n) is 5.81. The summed E-state index contributed by atoms with van der Waals surface area (Å²) in [6.07, 6.45) is 0. The summed E-state index contributed by atoms with van der Waals surface area (Å²) in [5.74, 6) is 2.95. The fourth-order valence-corrected chi connectivity index (χ4v) is 5.81. The SMILES string of the molecule is Cc1cccc(-c2cccc(-n3c4ccccc4c4c5ccccc5c5c(c43)Oc3ccccc3O5)c2)c1. The second-order valence-electron chi connectivity index (χ2n) is 9.85. The second-order valence-corrected chi connectivity index (χ2v) is 9.85. The molecule has 0 amide bonds. The highest BCUT2D eigenvalue weighted by Crippen LogP contribution is 2.54. The van der Waals surface area contributed by atoms with E-state index in [1.165, 1.54) is 27.5 Å². The van der Waals surface area contributed by atoms with Crippen LogP contribution in [0.4, 0.5) is 0 Å². The average Bonchev–Trinajstić information content (AvgIpc) is 3.32. The molecule has 0 saturated heterocycles. The monoisotopic (exact) mass is 489 g/mol. The number of fused-ring (bicyclic) bond motifs is 9. The molecule has 1 aromatic heterocycles. The first-order valence-electron chi connectivity index (χ1n) is 12.9. The molecule has 0 N–H and O–H groups in total. The molecule has 0 fully saturated rings. The van der Waals surface area contributed by atoms with Crippen LogP contribution < -0.4 is 9.47 Å². The molecule has 7 aromatic rings. The molecule has 0 saturated carbocycles. The van der Waals surface area contributed by atoms with Crippen LogP contribution in [0.1, 0.15) is 5.56 Å². The van der Waals surface area contributed by atoms with E-state index < -0.39 is 0 Å². The molecule has 0 unspecified atom stereocenters. The third-order valence-corrected chi connectivity index (χ3v) is 7.47. The normalized spacial score (nSPS) is 12.2. The van der Waals surface area contributed by atoms with Gasteiger partial charge in [-0.3, -0.25) is 0 Å². The Morgan fingerprint density at radius 1 is 0.526 bits per heavy atom. The highest BCUT2D eigenvalue weighted by atomic mass is 16.6. The molecular weight excluding hydrogens is 466 g/mol. The Hall–Kier alpha value is -5.02. The van der Waals surface area contributed by atoms with Gasteiger partial charge in [-0.2, -0.15) is 0 Å². The van der Waals surface area contributed by atoms with E-state index >= 15 is 0 Å². The van der Waals surface area contributed by atoms with Crippen LogP contribution in [-0.4, -0.2) is 4.57 Å². The van der Waals surface area contributed by atoms with Crippen LogP contribution in [0.5, 0.6) is 23.0 Å². The number of hydrogen-bond acceptors (Lipinski definition) is 2. The maximum absolute atomic E-state index is 6.68. The van der Waals surface area contributed by atoms with Gasteiger partial charge in [0, 0.05) is 21.8 Å². The summed E-state index contributed by atoms with van der Waals surface area (Å²) >= 11 is 0. The molecule has 2 heterocycles. The van der Waals surface area contributed by atoms with Gasteiger partial charge in [-0.25, -0.2) is 0 Å². The summed E-state index contributed by atoms with van der Waals surface area (Å²) in [5, 5.41) is 4.54. The van der Waals surface area contributed by atoms with E-state index in [9.17, 15) is 0 Å². The van der Waals surface area contributed by atoms with E-state index in [0.29, 0.717) is 0 Å². The molecule has 38 heavy (non-hydrogen) atoms. The predicted octanol–water partition coefficient (Wildman–Crippen LogP) is 9.81. The number of nitrogens with zero attached hydrogens (tertiary/aromatic N) is 1. The summed E-state index contributed by atoms with van der Waals surface area (Å²) in [5.41, 5.74) is 6.84. The van der Waals surface area contributed by atoms with Gasteiger partial charge >= 0.3 is 0 Å². The topological polar surface area (TPSA) is 23.4 Å². The Bertz CT molecular complexity index is 2050. The lowest BCUT2D eigenvalue weighted by Gasteiger charge is -2.24. The zero-order valence-electron chi connectivity index (χ0n) is 20.8. The zero-order valence-corrected chi connectivity index (χ0v) is 20.8. The number of para-hydroxylation sites is 3. The van der Waals surface area contributed by atoms with Gasteiger partial charge in [0.05, 0.1) is 5.52 Å². The van der Waals surface area contributed by atoms with E-state index in [2.05, 4.69) is 109 Å². The highest BCUT2D eigenvalue weighted by molar-refractivity contribution is 6.25. The van der Waals surface area contributed by atoms with Gasteiger partial charge < -0.3 is 14.0 Å². The van der Waals surface area contributed by atoms with E-state index in [0.717, 1.165) is 50.5 Å². The van der Waals surface area contributed by atoms with Crippen molar-refractivity contribution in [3.63, 3.8) is 0 Å². The van der Waals surface area contributed by atoms with Gasteiger partial charge in [-0.15, -0.1) is 0 Å². The molecular formula is C35H23NO2. The Labute approximate surface area is 220 Å². The molecule has 180 valence electrons. The number of aryl methyl sites for hydroxylation is 1. The summed E-state index contributed by atoms with van der Waals surface area (Å²) in [4.78, 5) is 0. The van der Waals surface area contributed by atoms with Crippen molar-refractivity contribution in [3.05, 3.63) is 127 Å². The number of aromatic nitrogens is 1. The van der Waals surface area contributed by atoms with Crippen LogP contribution >= 0.6 is 0 Å². The summed E-state index contributed by atoms with van der Waals surface area (Å²) in [7, 11) is 0. The standard InChI is InChI=1S/C35H23NO2/c1-22-10-8-11-23(20-22)24-12-9-13-25(21-24)36-29-17-5-4-16-28(29)32-26-14-2-3-15-27(26)34-35(33(32)36)38-31-19-7-6-18-30(31)37-34/h2-21H,1H3. The van der Waals surface area contributed by atoms with E-state index in [1.807, 2.05) is 24.3 Å². The quantitative estimate of drug-likeness (QED) is 0.241. The van der Waals surface area contributed by atoms with Gasteiger partial charge in [0.15, 0.2) is 23.0 Å². The number of benzene rings is 6. The van der Waals surface area contributed by atoms with E-state index in [4.69, 9.17) is 9.47 Å². The first kappa shape index (κ1) is 21.1. The molecule has 0 radical (unpaired) electrons. The highest BCUT2D eigenvalue weighted by Gasteiger charge is 2.28. The van der Waals surface area contributed by atoms with Gasteiger partial charge in [-0.1, -0.05) is 96.6 Å². The molecule has 3 nitrogen and oxygen atoms in total. The van der Waals surface area contributed by atoms with Crippen LogP contribution in [0.3, 0.4) is 0 Å². The molecule has 0 aliphatic carbocycles. The zero-order chi connectivity index (χ0) is 25.2. The van der Waals surface area contributed by atoms with Crippen molar-refractivity contribution in [2.24, 2.45) is 0 Å². The smallest absolute Gasteiger partial charge is 0.195 e. The lowest BCUT2D eigenvalue weighted by atomic mass is 10.0. The number of rotatable bonds is 2. The Kier molecular flexibility index (Phi) is 4.44. The maximum atomic E-state index is 6.68. The van der Waals surface area contributed by atoms with Crippen LogP contribution in [0, 0.1) is 6.92 Å². The molecule has 0 spiro atoms. The van der Waals surface area contributed by atoms with Crippen LogP contribution in [0.2, 0.25) is 0 Å². The van der Waals surface area contributed by atoms with Crippen LogP contribution in [0.25, 0.3) is 49.4 Å². The Morgan fingerprint density at radius 2 is 1.16 bits per heavy atom. The van der Waals surface area contributed by atoms with E-state index in [1.54, 1.807) is 0 Å². The molecule has 3 heteroatoms. The lowest BCUT2D eigenvalue weighted by Crippen LogP contribution is -2.03. The van der Waals surface area contributed by atoms with Crippen molar-refractivity contribution in [2.75, 3.05) is 0 Å². The Morgan fingerprint density at radius 3 is 1.95 bits per heavy atom. The number of hydrogen-bond donors (Lipinski definition) is 0. The Balaban J connectivity index is 1.51. The first-order chi connectivity index (χ1) is 18.8. The summed E-state index contributed by atoms with van der Waals surface area (Å²) < 4.78 is 15.6. The third kappa shape index (κ3) is 3.02. The van der Waals surface area contributed by atoms with Gasteiger partial charge in [-0.05, 0) is 53.8 Å². The molecule has 6 aromatic carbocycles. The van der Waals surface area contributed by atoms with Crippen molar-refractivity contribution in [2.45, 2.75) is 6.92 Å². The van der Waals surface area contributed by atoms with Crippen LogP contribution in [0.15, 0.2) is 121 Å². The van der Waals surface area contributed by atoms with Gasteiger partial charge in [0.1, 0.15) is 5.52 Å². The minimum absolute atomic E-state index is 0.724. The molecule has 1 aliphatic rings. The predicted molar refractivity (Wildman–Crippen MR) is 155 cm³/mol. The van der Waals surface area contributed by atoms with Crippen molar-refractivity contribution in [1.29, 1.82) is 0 Å².